The molecule has 6 heteroatoms. The standard InChI is InChI=1S/C23H26ClN3O2/c24-17-6-7-19-18(13-17)25-23(20-5-2-10-27(19)20)14-22(29-15-23)8-11-26(12-9-22)21(28)16-3-1-4-16/h2,5-7,10,13,16,25H,1,3-4,8-9,11-12,14-15H2/t23-/m0/s1. The van der Waals surface area contributed by atoms with Gasteiger partial charge in [-0.05, 0) is 56.0 Å². The molecule has 2 aromatic rings. The summed E-state index contributed by atoms with van der Waals surface area (Å²) in [5.41, 5.74) is 3.02. The van der Waals surface area contributed by atoms with Crippen LogP contribution in [0.5, 0.6) is 0 Å². The number of piperidine rings is 1. The van der Waals surface area contributed by atoms with Crippen molar-refractivity contribution in [3.8, 4) is 5.69 Å². The molecule has 3 aliphatic heterocycles. The van der Waals surface area contributed by atoms with Crippen LogP contribution in [0.3, 0.4) is 0 Å². The molecule has 1 aromatic carbocycles. The molecule has 6 rings (SSSR count). The zero-order valence-corrected chi connectivity index (χ0v) is 17.3. The van der Waals surface area contributed by atoms with E-state index in [0.717, 1.165) is 61.6 Å². The van der Waals surface area contributed by atoms with Crippen LogP contribution in [-0.4, -0.2) is 40.7 Å². The van der Waals surface area contributed by atoms with Gasteiger partial charge in [-0.2, -0.15) is 0 Å². The van der Waals surface area contributed by atoms with Crippen LogP contribution in [0.1, 0.15) is 44.2 Å². The van der Waals surface area contributed by atoms with Crippen LogP contribution in [0.25, 0.3) is 5.69 Å². The van der Waals surface area contributed by atoms with Gasteiger partial charge in [0.25, 0.3) is 0 Å². The number of benzene rings is 1. The number of nitrogens with one attached hydrogen (secondary N) is 1. The lowest BCUT2D eigenvalue weighted by molar-refractivity contribution is -0.142. The van der Waals surface area contributed by atoms with E-state index < -0.39 is 0 Å². The quantitative estimate of drug-likeness (QED) is 0.759. The molecule has 0 radical (unpaired) electrons. The van der Waals surface area contributed by atoms with Gasteiger partial charge in [-0.15, -0.1) is 0 Å². The molecule has 1 N–H and O–H groups in total. The Labute approximate surface area is 176 Å². The summed E-state index contributed by atoms with van der Waals surface area (Å²) in [6.07, 6.45) is 8.22. The van der Waals surface area contributed by atoms with Gasteiger partial charge >= 0.3 is 0 Å². The highest BCUT2D eigenvalue weighted by Gasteiger charge is 2.54. The van der Waals surface area contributed by atoms with E-state index in [0.29, 0.717) is 12.5 Å². The number of hydrogen-bond donors (Lipinski definition) is 1. The first-order valence-electron chi connectivity index (χ1n) is 10.8. The summed E-state index contributed by atoms with van der Waals surface area (Å²) in [4.78, 5) is 14.7. The molecule has 5 nitrogen and oxygen atoms in total. The normalized spacial score (nSPS) is 27.4. The molecule has 2 spiro atoms. The molecule has 1 saturated carbocycles. The van der Waals surface area contributed by atoms with E-state index in [1.165, 1.54) is 12.1 Å². The van der Waals surface area contributed by atoms with Crippen LogP contribution in [0.15, 0.2) is 36.5 Å². The predicted octanol–water partition coefficient (Wildman–Crippen LogP) is 4.33. The Kier molecular flexibility index (Phi) is 3.85. The average Bonchev–Trinajstić information content (AvgIpc) is 3.28. The molecule has 4 heterocycles. The lowest BCUT2D eigenvalue weighted by Gasteiger charge is -2.42. The number of halogens is 1. The Balaban J connectivity index is 1.25. The van der Waals surface area contributed by atoms with Gasteiger partial charge in [0.2, 0.25) is 5.91 Å². The number of anilines is 1. The lowest BCUT2D eigenvalue weighted by atomic mass is 9.78. The van der Waals surface area contributed by atoms with Crippen molar-refractivity contribution in [1.29, 1.82) is 0 Å². The summed E-state index contributed by atoms with van der Waals surface area (Å²) in [6, 6.07) is 10.3. The third-order valence-corrected chi connectivity index (χ3v) is 7.76. The number of amides is 1. The fourth-order valence-electron chi connectivity index (χ4n) is 5.66. The van der Waals surface area contributed by atoms with Crippen LogP contribution < -0.4 is 5.32 Å². The molecule has 3 fully saturated rings. The van der Waals surface area contributed by atoms with E-state index in [-0.39, 0.29) is 17.1 Å². The van der Waals surface area contributed by atoms with Gasteiger partial charge in [-0.3, -0.25) is 4.79 Å². The summed E-state index contributed by atoms with van der Waals surface area (Å²) < 4.78 is 8.79. The second kappa shape index (κ2) is 6.26. The molecule has 1 atom stereocenters. The first kappa shape index (κ1) is 17.8. The number of aromatic nitrogens is 1. The topological polar surface area (TPSA) is 46.5 Å². The van der Waals surface area contributed by atoms with Crippen molar-refractivity contribution in [2.45, 2.75) is 49.7 Å². The Hall–Kier alpha value is -1.98. The fraction of sp³-hybridized carbons (Fsp3) is 0.522. The van der Waals surface area contributed by atoms with Crippen molar-refractivity contribution in [2.75, 3.05) is 25.0 Å². The first-order chi connectivity index (χ1) is 14.1. The van der Waals surface area contributed by atoms with E-state index in [1.54, 1.807) is 0 Å². The molecular formula is C23H26ClN3O2. The van der Waals surface area contributed by atoms with Crippen LogP contribution >= 0.6 is 11.6 Å². The smallest absolute Gasteiger partial charge is 0.225 e. The molecule has 1 amide bonds. The van der Waals surface area contributed by atoms with Crippen molar-refractivity contribution in [2.24, 2.45) is 5.92 Å². The van der Waals surface area contributed by atoms with E-state index >= 15 is 0 Å². The molecule has 29 heavy (non-hydrogen) atoms. The maximum absolute atomic E-state index is 12.6. The Morgan fingerprint density at radius 1 is 1.21 bits per heavy atom. The number of nitrogens with zero attached hydrogens (tertiary/aromatic N) is 2. The SMILES string of the molecule is O=C(C1CCC1)N1CCC2(CC1)C[C@@]1(CO2)Nc2cc(Cl)ccc2-n2cccc21. The molecule has 152 valence electrons. The van der Waals surface area contributed by atoms with Gasteiger partial charge in [0.05, 0.1) is 29.3 Å². The highest BCUT2D eigenvalue weighted by Crippen LogP contribution is 2.50. The number of carbonyl (C=O) groups excluding carboxylic acids is 1. The number of carbonyl (C=O) groups is 1. The van der Waals surface area contributed by atoms with Crippen molar-refractivity contribution in [3.63, 3.8) is 0 Å². The van der Waals surface area contributed by atoms with E-state index in [4.69, 9.17) is 16.3 Å². The zero-order chi connectivity index (χ0) is 19.6. The van der Waals surface area contributed by atoms with Gasteiger partial charge in [0.1, 0.15) is 5.54 Å². The summed E-state index contributed by atoms with van der Waals surface area (Å²) in [5, 5.41) is 4.52. The molecule has 2 saturated heterocycles. The van der Waals surface area contributed by atoms with Gasteiger partial charge < -0.3 is 19.5 Å². The lowest BCUT2D eigenvalue weighted by Crippen LogP contribution is -2.50. The Bertz CT molecular complexity index is 974. The van der Waals surface area contributed by atoms with Gasteiger partial charge in [-0.1, -0.05) is 18.0 Å². The summed E-state index contributed by atoms with van der Waals surface area (Å²) in [6.45, 7) is 2.27. The van der Waals surface area contributed by atoms with E-state index in [2.05, 4.69) is 39.2 Å². The molecular weight excluding hydrogens is 386 g/mol. The number of rotatable bonds is 1. The largest absolute Gasteiger partial charge is 0.372 e. The third kappa shape index (κ3) is 2.67. The van der Waals surface area contributed by atoms with Crippen LogP contribution in [0.2, 0.25) is 5.02 Å². The number of fused-ring (bicyclic) bond motifs is 4. The number of ether oxygens (including phenoxy) is 1. The molecule has 0 bridgehead atoms. The second-order valence-corrected chi connectivity index (χ2v) is 9.67. The highest BCUT2D eigenvalue weighted by molar-refractivity contribution is 6.31. The average molecular weight is 412 g/mol. The second-order valence-electron chi connectivity index (χ2n) is 9.23. The highest BCUT2D eigenvalue weighted by atomic mass is 35.5. The fourth-order valence-corrected chi connectivity index (χ4v) is 5.84. The van der Waals surface area contributed by atoms with E-state index in [9.17, 15) is 4.79 Å². The maximum Gasteiger partial charge on any atom is 0.225 e. The Morgan fingerprint density at radius 3 is 2.79 bits per heavy atom. The monoisotopic (exact) mass is 411 g/mol. The van der Waals surface area contributed by atoms with Gasteiger partial charge in [0, 0.05) is 36.6 Å². The minimum absolute atomic E-state index is 0.158. The van der Waals surface area contributed by atoms with Gasteiger partial charge in [-0.25, -0.2) is 0 Å². The molecule has 1 aliphatic carbocycles. The van der Waals surface area contributed by atoms with Crippen molar-refractivity contribution < 1.29 is 9.53 Å². The molecule has 1 aromatic heterocycles. The minimum atomic E-state index is -0.249. The predicted molar refractivity (Wildman–Crippen MR) is 113 cm³/mol. The number of likely N-dealkylation sites (tertiary alicyclic amines) is 1. The first-order valence-corrected chi connectivity index (χ1v) is 11.1. The minimum Gasteiger partial charge on any atom is -0.372 e. The number of hydrogen-bond acceptors (Lipinski definition) is 3. The summed E-state index contributed by atoms with van der Waals surface area (Å²) >= 11 is 6.28. The maximum atomic E-state index is 12.6. The van der Waals surface area contributed by atoms with Crippen molar-refractivity contribution >= 4 is 23.2 Å². The van der Waals surface area contributed by atoms with Gasteiger partial charge in [0.15, 0.2) is 0 Å². The van der Waals surface area contributed by atoms with Crippen LogP contribution in [0, 0.1) is 5.92 Å². The third-order valence-electron chi connectivity index (χ3n) is 7.52. The van der Waals surface area contributed by atoms with Crippen molar-refractivity contribution in [3.05, 3.63) is 47.2 Å². The summed E-state index contributed by atoms with van der Waals surface area (Å²) in [5.74, 6) is 0.650. The van der Waals surface area contributed by atoms with Crippen LogP contribution in [0.4, 0.5) is 5.69 Å². The van der Waals surface area contributed by atoms with Crippen LogP contribution in [-0.2, 0) is 15.1 Å². The zero-order valence-electron chi connectivity index (χ0n) is 16.5. The van der Waals surface area contributed by atoms with E-state index in [1.807, 2.05) is 12.1 Å². The molecule has 0 unspecified atom stereocenters. The Morgan fingerprint density at radius 2 is 2.03 bits per heavy atom. The molecule has 4 aliphatic rings. The van der Waals surface area contributed by atoms with Crippen molar-refractivity contribution in [1.82, 2.24) is 9.47 Å². The summed E-state index contributed by atoms with van der Waals surface area (Å²) in [7, 11) is 0.